The number of benzene rings is 3. The quantitative estimate of drug-likeness (QED) is 0.133. The minimum Gasteiger partial charge on any atom is -0.487 e. The van der Waals surface area contributed by atoms with E-state index < -0.39 is 0 Å². The average molecular weight is 657 g/mol. The number of imidazole rings is 1. The highest BCUT2D eigenvalue weighted by Gasteiger charge is 2.10. The molecule has 0 fully saturated rings. The molecule has 0 unspecified atom stereocenters. The zero-order chi connectivity index (χ0) is 21.8. The molecule has 0 spiro atoms. The molecular weight excluding hydrogens is 638 g/mol. The Morgan fingerprint density at radius 2 is 1.81 bits per heavy atom. The second-order valence-corrected chi connectivity index (χ2v) is 9.53. The first-order chi connectivity index (χ1) is 15.0. The molecule has 5 nitrogen and oxygen atoms in total. The van der Waals surface area contributed by atoms with E-state index in [9.17, 15) is 0 Å². The largest absolute Gasteiger partial charge is 0.487 e. The lowest BCUT2D eigenvalue weighted by atomic mass is 10.2. The number of halogens is 3. The Hall–Kier alpha value is -1.85. The van der Waals surface area contributed by atoms with Gasteiger partial charge in [0.15, 0.2) is 0 Å². The summed E-state index contributed by atoms with van der Waals surface area (Å²) in [5.74, 6) is 1.60. The van der Waals surface area contributed by atoms with Crippen LogP contribution in [0.3, 0.4) is 0 Å². The van der Waals surface area contributed by atoms with Gasteiger partial charge < -0.3 is 9.30 Å². The molecule has 3 aromatic carbocycles. The van der Waals surface area contributed by atoms with E-state index in [1.807, 2.05) is 54.6 Å². The molecule has 31 heavy (non-hydrogen) atoms. The second kappa shape index (κ2) is 10.2. The Bertz CT molecular complexity index is 1220. The average Bonchev–Trinajstić information content (AvgIpc) is 3.12. The summed E-state index contributed by atoms with van der Waals surface area (Å²) < 4.78 is 10.2. The summed E-state index contributed by atoms with van der Waals surface area (Å²) in [4.78, 5) is 4.63. The third kappa shape index (κ3) is 5.32. The van der Waals surface area contributed by atoms with Crippen molar-refractivity contribution in [2.24, 2.45) is 5.10 Å². The normalized spacial score (nSPS) is 11.4. The van der Waals surface area contributed by atoms with Gasteiger partial charge in [-0.15, -0.1) is 0 Å². The monoisotopic (exact) mass is 656 g/mol. The van der Waals surface area contributed by atoms with Gasteiger partial charge in [0, 0.05) is 11.6 Å². The number of ether oxygens (including phenoxy) is 1. The first-order valence-electron chi connectivity index (χ1n) is 9.65. The van der Waals surface area contributed by atoms with Gasteiger partial charge in [-0.3, -0.25) is 0 Å². The van der Waals surface area contributed by atoms with Crippen LogP contribution in [0.25, 0.3) is 11.0 Å². The van der Waals surface area contributed by atoms with E-state index in [2.05, 4.69) is 78.3 Å². The first-order valence-corrected chi connectivity index (χ1v) is 12.2. The number of nitrogens with zero attached hydrogens (tertiary/aromatic N) is 3. The van der Waals surface area contributed by atoms with Crippen LogP contribution < -0.4 is 10.2 Å². The Kier molecular flexibility index (Phi) is 7.34. The van der Waals surface area contributed by atoms with E-state index >= 15 is 0 Å². The van der Waals surface area contributed by atoms with Crippen molar-refractivity contribution in [2.75, 3.05) is 5.43 Å². The van der Waals surface area contributed by atoms with Crippen molar-refractivity contribution in [2.45, 2.75) is 20.1 Å². The zero-order valence-corrected chi connectivity index (χ0v) is 21.7. The van der Waals surface area contributed by atoms with Gasteiger partial charge >= 0.3 is 0 Å². The van der Waals surface area contributed by atoms with E-state index in [1.54, 1.807) is 6.21 Å². The second-order valence-electron chi connectivity index (χ2n) is 6.77. The predicted octanol–water partition coefficient (Wildman–Crippen LogP) is 6.94. The van der Waals surface area contributed by atoms with Gasteiger partial charge in [-0.25, -0.2) is 10.4 Å². The molecule has 1 heterocycles. The number of hydrogen-bond acceptors (Lipinski definition) is 4. The van der Waals surface area contributed by atoms with Crippen LogP contribution >= 0.6 is 56.8 Å². The Morgan fingerprint density at radius 3 is 2.52 bits per heavy atom. The number of hydrazone groups is 1. The zero-order valence-electron chi connectivity index (χ0n) is 16.6. The highest BCUT2D eigenvalue weighted by molar-refractivity contribution is 14.1. The van der Waals surface area contributed by atoms with Crippen LogP contribution in [0.1, 0.15) is 18.1 Å². The third-order valence-electron chi connectivity index (χ3n) is 4.67. The Balaban J connectivity index is 1.47. The van der Waals surface area contributed by atoms with Gasteiger partial charge in [-0.1, -0.05) is 35.9 Å². The van der Waals surface area contributed by atoms with Gasteiger partial charge in [-0.05, 0) is 99.6 Å². The molecule has 0 aliphatic heterocycles. The lowest BCUT2D eigenvalue weighted by Crippen LogP contribution is -2.02. The number of aryl methyl sites for hydroxylation is 1. The van der Waals surface area contributed by atoms with Crippen LogP contribution in [0.5, 0.6) is 5.75 Å². The lowest BCUT2D eigenvalue weighted by Gasteiger charge is -2.11. The lowest BCUT2D eigenvalue weighted by molar-refractivity contribution is 0.302. The van der Waals surface area contributed by atoms with E-state index in [0.717, 1.165) is 52.6 Å². The number of para-hydroxylation sites is 2. The van der Waals surface area contributed by atoms with Crippen molar-refractivity contribution < 1.29 is 4.74 Å². The van der Waals surface area contributed by atoms with Crippen LogP contribution in [0.15, 0.2) is 65.8 Å². The summed E-state index contributed by atoms with van der Waals surface area (Å²) in [7, 11) is 0. The van der Waals surface area contributed by atoms with E-state index in [0.29, 0.717) is 6.61 Å². The molecule has 158 valence electrons. The summed E-state index contributed by atoms with van der Waals surface area (Å²) in [6.45, 7) is 3.40. The highest BCUT2D eigenvalue weighted by Crippen LogP contribution is 2.29. The highest BCUT2D eigenvalue weighted by atomic mass is 127. The summed E-state index contributed by atoms with van der Waals surface area (Å²) in [5, 5.41) is 5.13. The van der Waals surface area contributed by atoms with Crippen molar-refractivity contribution >= 4 is 80.0 Å². The number of anilines is 1. The maximum atomic E-state index is 6.05. The summed E-state index contributed by atoms with van der Waals surface area (Å²) in [6.07, 6.45) is 1.80. The molecule has 0 bridgehead atoms. The number of nitrogens with one attached hydrogen (secondary N) is 1. The van der Waals surface area contributed by atoms with Gasteiger partial charge in [0.2, 0.25) is 5.95 Å². The standard InChI is InChI=1S/C23H19ClI2N4O/c1-2-30-21-6-4-3-5-20(21)28-23(30)29-27-13-16-11-18(25)22(19(26)12-16)31-14-15-7-9-17(24)10-8-15/h3-13H,2,14H2,1H3,(H,28,29)/b27-13-. The maximum absolute atomic E-state index is 6.05. The van der Waals surface area contributed by atoms with Crippen molar-refractivity contribution in [3.63, 3.8) is 0 Å². The fourth-order valence-corrected chi connectivity index (χ4v) is 5.43. The minimum atomic E-state index is 0.491. The number of rotatable bonds is 7. The van der Waals surface area contributed by atoms with E-state index in [-0.39, 0.29) is 0 Å². The summed E-state index contributed by atoms with van der Waals surface area (Å²) >= 11 is 10.5. The first kappa shape index (κ1) is 22.3. The van der Waals surface area contributed by atoms with Crippen molar-refractivity contribution in [1.29, 1.82) is 0 Å². The van der Waals surface area contributed by atoms with Gasteiger partial charge in [0.05, 0.1) is 24.4 Å². The SMILES string of the molecule is CCn1c(N/N=C\c2cc(I)c(OCc3ccc(Cl)cc3)c(I)c2)nc2ccccc21. The molecule has 0 aliphatic carbocycles. The Morgan fingerprint density at radius 1 is 1.10 bits per heavy atom. The molecule has 1 aromatic heterocycles. The molecule has 4 rings (SSSR count). The molecule has 0 saturated carbocycles. The smallest absolute Gasteiger partial charge is 0.224 e. The third-order valence-corrected chi connectivity index (χ3v) is 6.52. The molecule has 1 N–H and O–H groups in total. The summed E-state index contributed by atoms with van der Waals surface area (Å²) in [6, 6.07) is 19.9. The maximum Gasteiger partial charge on any atom is 0.224 e. The van der Waals surface area contributed by atoms with Crippen LogP contribution in [-0.2, 0) is 13.2 Å². The van der Waals surface area contributed by atoms with Crippen molar-refractivity contribution in [3.05, 3.63) is 84.0 Å². The van der Waals surface area contributed by atoms with E-state index in [4.69, 9.17) is 16.3 Å². The van der Waals surface area contributed by atoms with Crippen molar-refractivity contribution in [1.82, 2.24) is 9.55 Å². The fourth-order valence-electron chi connectivity index (χ4n) is 3.17. The fraction of sp³-hybridized carbons (Fsp3) is 0.130. The topological polar surface area (TPSA) is 51.4 Å². The molecule has 4 aromatic rings. The molecule has 8 heteroatoms. The molecule has 0 saturated heterocycles. The molecule has 0 atom stereocenters. The van der Waals surface area contributed by atoms with Gasteiger partial charge in [-0.2, -0.15) is 5.10 Å². The Labute approximate surface area is 213 Å². The minimum absolute atomic E-state index is 0.491. The molecule has 0 radical (unpaired) electrons. The predicted molar refractivity (Wildman–Crippen MR) is 144 cm³/mol. The van der Waals surface area contributed by atoms with Crippen LogP contribution in [-0.4, -0.2) is 15.8 Å². The van der Waals surface area contributed by atoms with Gasteiger partial charge in [0.1, 0.15) is 12.4 Å². The number of fused-ring (bicyclic) bond motifs is 1. The number of hydrogen-bond donors (Lipinski definition) is 1. The van der Waals surface area contributed by atoms with Crippen LogP contribution in [0.2, 0.25) is 5.02 Å². The molecule has 0 amide bonds. The van der Waals surface area contributed by atoms with Crippen LogP contribution in [0, 0.1) is 7.14 Å². The molecule has 0 aliphatic rings. The molecular formula is C23H19ClI2N4O. The van der Waals surface area contributed by atoms with Crippen molar-refractivity contribution in [3.8, 4) is 5.75 Å². The van der Waals surface area contributed by atoms with Crippen LogP contribution in [0.4, 0.5) is 5.95 Å². The number of aromatic nitrogens is 2. The van der Waals surface area contributed by atoms with E-state index in [1.165, 1.54) is 0 Å². The van der Waals surface area contributed by atoms with Gasteiger partial charge in [0.25, 0.3) is 0 Å². The summed E-state index contributed by atoms with van der Waals surface area (Å²) in [5.41, 5.74) is 7.18.